The Hall–Kier alpha value is 0.274. The van der Waals surface area contributed by atoms with Gasteiger partial charge in [-0.15, -0.1) is 0 Å². The number of epoxide rings is 2. The molecule has 2 atom stereocenters. The Morgan fingerprint density at radius 1 is 0.783 bits per heavy atom. The van der Waals surface area contributed by atoms with Crippen molar-refractivity contribution in [2.75, 3.05) is 39.6 Å². The monoisotopic (exact) mass is 360 g/mol. The smallest absolute Gasteiger partial charge is 0.104 e. The zero-order valence-electron chi connectivity index (χ0n) is 15.6. The molecule has 23 heavy (non-hydrogen) atoms. The van der Waals surface area contributed by atoms with E-state index in [1.807, 2.05) is 0 Å². The summed E-state index contributed by atoms with van der Waals surface area (Å²) in [5, 5.41) is 0. The van der Waals surface area contributed by atoms with Crippen molar-refractivity contribution < 1.29 is 18.9 Å². The van der Waals surface area contributed by atoms with Crippen LogP contribution in [0.2, 0.25) is 43.9 Å². The predicted molar refractivity (Wildman–Crippen MR) is 99.7 cm³/mol. The van der Waals surface area contributed by atoms with Crippen LogP contribution in [0.5, 0.6) is 0 Å². The fraction of sp³-hybridized carbons (Fsp3) is 1.00. The largest absolute Gasteiger partial charge is 0.379 e. The second-order valence-electron chi connectivity index (χ2n) is 8.77. The second-order valence-corrected chi connectivity index (χ2v) is 19.8. The summed E-state index contributed by atoms with van der Waals surface area (Å²) < 4.78 is 21.7. The van der Waals surface area contributed by atoms with Crippen molar-refractivity contribution in [3.8, 4) is 0 Å². The third-order valence-electron chi connectivity index (χ3n) is 4.65. The van der Waals surface area contributed by atoms with Crippen LogP contribution in [0.15, 0.2) is 0 Å². The minimum atomic E-state index is -1.09. The fourth-order valence-electron chi connectivity index (χ4n) is 3.54. The van der Waals surface area contributed by atoms with Gasteiger partial charge in [0.05, 0.1) is 26.4 Å². The molecule has 2 heterocycles. The van der Waals surface area contributed by atoms with E-state index in [1.165, 1.54) is 30.6 Å². The van der Waals surface area contributed by atoms with Crippen molar-refractivity contribution >= 4 is 16.1 Å². The van der Waals surface area contributed by atoms with Gasteiger partial charge >= 0.3 is 0 Å². The average Bonchev–Trinajstić information content (AvgIpc) is 3.31. The summed E-state index contributed by atoms with van der Waals surface area (Å²) in [7, 11) is -2.17. The molecule has 0 aromatic rings. The zero-order chi connectivity index (χ0) is 16.8. The normalized spacial score (nSPS) is 24.0. The topological polar surface area (TPSA) is 43.5 Å². The highest BCUT2D eigenvalue weighted by atomic mass is 28.4. The van der Waals surface area contributed by atoms with E-state index in [0.717, 1.165) is 39.6 Å². The van der Waals surface area contributed by atoms with Gasteiger partial charge in [0.1, 0.15) is 12.2 Å². The highest BCUT2D eigenvalue weighted by Gasteiger charge is 2.31. The SMILES string of the molecule is C[Si](C)(CCCOCC1CO1)C[Si](C)(C)CCCOCC1CO1. The van der Waals surface area contributed by atoms with Crippen molar-refractivity contribution in [1.29, 1.82) is 0 Å². The van der Waals surface area contributed by atoms with Gasteiger partial charge in [-0.05, 0) is 12.8 Å². The summed E-state index contributed by atoms with van der Waals surface area (Å²) in [5.74, 6) is 0. The Labute approximate surface area is 144 Å². The summed E-state index contributed by atoms with van der Waals surface area (Å²) >= 11 is 0. The molecule has 4 nitrogen and oxygen atoms in total. The molecule has 2 rings (SSSR count). The average molecular weight is 361 g/mol. The molecule has 0 aromatic carbocycles. The van der Waals surface area contributed by atoms with Gasteiger partial charge in [0.25, 0.3) is 0 Å². The minimum Gasteiger partial charge on any atom is -0.379 e. The molecule has 2 unspecified atom stereocenters. The lowest BCUT2D eigenvalue weighted by molar-refractivity contribution is 0.117. The van der Waals surface area contributed by atoms with E-state index >= 15 is 0 Å². The first-order chi connectivity index (χ1) is 10.9. The number of hydrogen-bond donors (Lipinski definition) is 0. The number of ether oxygens (including phenoxy) is 4. The van der Waals surface area contributed by atoms with Gasteiger partial charge in [0, 0.05) is 29.4 Å². The number of hydrogen-bond acceptors (Lipinski definition) is 4. The van der Waals surface area contributed by atoms with E-state index in [4.69, 9.17) is 18.9 Å². The second kappa shape index (κ2) is 9.10. The molecule has 136 valence electrons. The highest BCUT2D eigenvalue weighted by Crippen LogP contribution is 2.28. The van der Waals surface area contributed by atoms with E-state index in [9.17, 15) is 0 Å². The molecule has 6 heteroatoms. The van der Waals surface area contributed by atoms with Crippen LogP contribution in [0, 0.1) is 0 Å². The van der Waals surface area contributed by atoms with E-state index in [0.29, 0.717) is 12.2 Å². The van der Waals surface area contributed by atoms with Crippen LogP contribution in [0.25, 0.3) is 0 Å². The molecule has 0 saturated carbocycles. The van der Waals surface area contributed by atoms with Crippen LogP contribution in [-0.4, -0.2) is 68.0 Å². The van der Waals surface area contributed by atoms with Crippen LogP contribution >= 0.6 is 0 Å². The first-order valence-electron chi connectivity index (χ1n) is 9.25. The molecule has 0 amide bonds. The lowest BCUT2D eigenvalue weighted by Gasteiger charge is -2.32. The first-order valence-corrected chi connectivity index (χ1v) is 16.1. The molecule has 2 aliphatic rings. The quantitative estimate of drug-likeness (QED) is 0.270. The van der Waals surface area contributed by atoms with Crippen molar-refractivity contribution in [3.63, 3.8) is 0 Å². The Morgan fingerprint density at radius 2 is 1.17 bits per heavy atom. The van der Waals surface area contributed by atoms with Gasteiger partial charge < -0.3 is 18.9 Å². The third-order valence-corrected chi connectivity index (χ3v) is 15.7. The highest BCUT2D eigenvalue weighted by molar-refractivity contribution is 6.95. The predicted octanol–water partition coefficient (Wildman–Crippen LogP) is 3.55. The molecule has 2 saturated heterocycles. The summed E-state index contributed by atoms with van der Waals surface area (Å²) in [6.07, 6.45) is 3.25. The standard InChI is InChI=1S/C17H36O4Si2/c1-22(2,9-5-7-18-11-16-13-20-16)15-23(3,4)10-6-8-19-12-17-14-21-17/h16-17H,5-15H2,1-4H3. The van der Waals surface area contributed by atoms with Crippen LogP contribution in [0.4, 0.5) is 0 Å². The van der Waals surface area contributed by atoms with E-state index in [1.54, 1.807) is 0 Å². The van der Waals surface area contributed by atoms with Gasteiger partial charge in [-0.1, -0.05) is 43.9 Å². The lowest BCUT2D eigenvalue weighted by Crippen LogP contribution is -2.39. The van der Waals surface area contributed by atoms with E-state index < -0.39 is 16.1 Å². The first kappa shape index (κ1) is 19.6. The molecule has 2 aliphatic heterocycles. The molecule has 2 fully saturated rings. The Kier molecular flexibility index (Phi) is 7.76. The summed E-state index contributed by atoms with van der Waals surface area (Å²) in [6, 6.07) is 2.79. The van der Waals surface area contributed by atoms with Crippen molar-refractivity contribution in [2.24, 2.45) is 0 Å². The van der Waals surface area contributed by atoms with Gasteiger partial charge in [-0.2, -0.15) is 0 Å². The zero-order valence-corrected chi connectivity index (χ0v) is 17.6. The van der Waals surface area contributed by atoms with E-state index in [-0.39, 0.29) is 0 Å². The molecule has 0 aromatic heterocycles. The Bertz CT molecular complexity index is 309. The van der Waals surface area contributed by atoms with Crippen molar-refractivity contribution in [3.05, 3.63) is 0 Å². The van der Waals surface area contributed by atoms with Crippen LogP contribution in [0.1, 0.15) is 12.8 Å². The van der Waals surface area contributed by atoms with Crippen molar-refractivity contribution in [2.45, 2.75) is 69.0 Å². The molecular weight excluding hydrogens is 324 g/mol. The number of rotatable bonds is 14. The van der Waals surface area contributed by atoms with Gasteiger partial charge in [-0.3, -0.25) is 0 Å². The Morgan fingerprint density at radius 3 is 1.52 bits per heavy atom. The van der Waals surface area contributed by atoms with Gasteiger partial charge in [0.2, 0.25) is 0 Å². The van der Waals surface area contributed by atoms with Gasteiger partial charge in [-0.25, -0.2) is 0 Å². The molecule has 0 radical (unpaired) electrons. The Balaban J connectivity index is 1.50. The molecule has 0 N–H and O–H groups in total. The van der Waals surface area contributed by atoms with Crippen molar-refractivity contribution in [1.82, 2.24) is 0 Å². The van der Waals surface area contributed by atoms with E-state index in [2.05, 4.69) is 26.2 Å². The summed E-state index contributed by atoms with van der Waals surface area (Å²) in [5.41, 5.74) is 1.53. The molecule has 0 spiro atoms. The molecule has 0 bridgehead atoms. The summed E-state index contributed by atoms with van der Waals surface area (Å²) in [4.78, 5) is 0. The molecular formula is C17H36O4Si2. The minimum absolute atomic E-state index is 0.403. The maximum Gasteiger partial charge on any atom is 0.104 e. The fourth-order valence-corrected chi connectivity index (χ4v) is 17.5. The molecule has 0 aliphatic carbocycles. The summed E-state index contributed by atoms with van der Waals surface area (Å²) in [6.45, 7) is 15.5. The van der Waals surface area contributed by atoms with Crippen LogP contribution in [0.3, 0.4) is 0 Å². The van der Waals surface area contributed by atoms with Crippen LogP contribution in [-0.2, 0) is 18.9 Å². The maximum absolute atomic E-state index is 5.68. The van der Waals surface area contributed by atoms with Crippen LogP contribution < -0.4 is 0 Å². The lowest BCUT2D eigenvalue weighted by atomic mass is 10.5. The third kappa shape index (κ3) is 9.99. The van der Waals surface area contributed by atoms with Gasteiger partial charge in [0.15, 0.2) is 0 Å². The maximum atomic E-state index is 5.68.